The van der Waals surface area contributed by atoms with Gasteiger partial charge in [0.05, 0.1) is 0 Å². The number of hydrogen-bond acceptors (Lipinski definition) is 6. The van der Waals surface area contributed by atoms with Crippen LogP contribution >= 0.6 is 0 Å². The molecule has 0 bridgehead atoms. The van der Waals surface area contributed by atoms with Crippen LogP contribution in [0.4, 0.5) is 0 Å². The zero-order valence-corrected chi connectivity index (χ0v) is 47.8. The molecular weight excluding hydrogens is 877 g/mol. The molecule has 0 aliphatic rings. The Morgan fingerprint density at radius 1 is 0.268 bits per heavy atom. The van der Waals surface area contributed by atoms with Crippen molar-refractivity contribution in [2.45, 2.75) is 348 Å². The molecule has 0 fully saturated rings. The molecule has 1 atom stereocenters. The number of allylic oxidation sites excluding steroid dienone is 6. The van der Waals surface area contributed by atoms with Crippen molar-refractivity contribution in [1.82, 2.24) is 0 Å². The minimum atomic E-state index is -0.776. The predicted molar refractivity (Wildman–Crippen MR) is 307 cm³/mol. The quantitative estimate of drug-likeness (QED) is 0.0261. The van der Waals surface area contributed by atoms with Crippen LogP contribution in [0, 0.1) is 0 Å². The molecule has 0 aliphatic carbocycles. The molecule has 0 unspecified atom stereocenters. The van der Waals surface area contributed by atoms with Crippen LogP contribution < -0.4 is 0 Å². The summed E-state index contributed by atoms with van der Waals surface area (Å²) >= 11 is 0. The van der Waals surface area contributed by atoms with Crippen molar-refractivity contribution in [2.24, 2.45) is 0 Å². The van der Waals surface area contributed by atoms with Gasteiger partial charge >= 0.3 is 17.9 Å². The molecular formula is C65H120O6. The Hall–Kier alpha value is -2.37. The molecule has 6 heteroatoms. The third-order valence-corrected chi connectivity index (χ3v) is 14.1. The van der Waals surface area contributed by atoms with E-state index in [1.807, 2.05) is 0 Å². The van der Waals surface area contributed by atoms with Crippen LogP contribution in [0.15, 0.2) is 36.5 Å². The van der Waals surface area contributed by atoms with Gasteiger partial charge in [0.15, 0.2) is 6.10 Å². The van der Waals surface area contributed by atoms with Crippen LogP contribution in [0.2, 0.25) is 0 Å². The van der Waals surface area contributed by atoms with Crippen molar-refractivity contribution >= 4 is 17.9 Å². The van der Waals surface area contributed by atoms with Gasteiger partial charge in [-0.2, -0.15) is 0 Å². The normalized spacial score (nSPS) is 12.2. The maximum Gasteiger partial charge on any atom is 0.306 e. The maximum absolute atomic E-state index is 12.9. The average Bonchev–Trinajstić information content (AvgIpc) is 3.37. The molecule has 0 aromatic rings. The van der Waals surface area contributed by atoms with Crippen molar-refractivity contribution < 1.29 is 28.6 Å². The Kier molecular flexibility index (Phi) is 58.2. The standard InChI is InChI=1S/C65H120O6/c1-4-7-10-13-16-19-22-25-27-29-31-32-34-36-38-41-43-46-49-52-55-58-64(67)70-61-62(71-65(68)59-56-53-50-47-44-39-24-21-18-15-12-9-6-3)60-69-63(66)57-54-51-48-45-42-40-37-35-33-30-28-26-23-20-17-14-11-8-5-2/h21,24-28,62H,4-20,22-23,29-61H2,1-3H3/b24-21-,27-25-,28-26-/t62-/m0/s1. The highest BCUT2D eigenvalue weighted by Crippen LogP contribution is 2.17. The summed E-state index contributed by atoms with van der Waals surface area (Å²) in [7, 11) is 0. The summed E-state index contributed by atoms with van der Waals surface area (Å²) < 4.78 is 16.9. The molecule has 0 heterocycles. The van der Waals surface area contributed by atoms with Crippen LogP contribution in [0.5, 0.6) is 0 Å². The lowest BCUT2D eigenvalue weighted by atomic mass is 10.0. The van der Waals surface area contributed by atoms with Crippen molar-refractivity contribution in [3.8, 4) is 0 Å². The first-order valence-electron chi connectivity index (χ1n) is 31.5. The Morgan fingerprint density at radius 2 is 0.465 bits per heavy atom. The van der Waals surface area contributed by atoms with E-state index in [1.165, 1.54) is 238 Å². The number of carbonyl (C=O) groups excluding carboxylic acids is 3. The highest BCUT2D eigenvalue weighted by atomic mass is 16.6. The predicted octanol–water partition coefficient (Wildman–Crippen LogP) is 21.2. The Balaban J connectivity index is 4.28. The lowest BCUT2D eigenvalue weighted by molar-refractivity contribution is -0.167. The van der Waals surface area contributed by atoms with Gasteiger partial charge in [-0.1, -0.05) is 263 Å². The van der Waals surface area contributed by atoms with Crippen LogP contribution in [-0.4, -0.2) is 37.2 Å². The van der Waals surface area contributed by atoms with Gasteiger partial charge in [0.25, 0.3) is 0 Å². The minimum Gasteiger partial charge on any atom is -0.462 e. The van der Waals surface area contributed by atoms with E-state index in [2.05, 4.69) is 57.2 Å². The second-order valence-electron chi connectivity index (χ2n) is 21.3. The van der Waals surface area contributed by atoms with Crippen molar-refractivity contribution in [3.63, 3.8) is 0 Å². The van der Waals surface area contributed by atoms with Crippen LogP contribution in [0.3, 0.4) is 0 Å². The Bertz CT molecular complexity index is 1190. The van der Waals surface area contributed by atoms with Crippen molar-refractivity contribution in [2.75, 3.05) is 13.2 Å². The SMILES string of the molecule is CCCCCC/C=C\CCCCCCCC(=O)O[C@@H](COC(=O)CCCCCCCCCCC/C=C\CCCCCCCC)COC(=O)CCCCCCCCCCCCC/C=C\CCCCCCCC. The van der Waals surface area contributed by atoms with E-state index in [1.54, 1.807) is 0 Å². The fraction of sp³-hybridized carbons (Fsp3) is 0.862. The molecule has 0 N–H and O–H groups in total. The van der Waals surface area contributed by atoms with Gasteiger partial charge in [-0.15, -0.1) is 0 Å². The van der Waals surface area contributed by atoms with E-state index in [4.69, 9.17) is 14.2 Å². The molecule has 0 aromatic carbocycles. The van der Waals surface area contributed by atoms with Crippen molar-refractivity contribution in [3.05, 3.63) is 36.5 Å². The number of unbranched alkanes of at least 4 members (excludes halogenated alkanes) is 41. The lowest BCUT2D eigenvalue weighted by Gasteiger charge is -2.18. The molecule has 0 amide bonds. The molecule has 0 spiro atoms. The van der Waals surface area contributed by atoms with E-state index in [-0.39, 0.29) is 31.1 Å². The summed E-state index contributed by atoms with van der Waals surface area (Å²) in [5.41, 5.74) is 0. The zero-order chi connectivity index (χ0) is 51.4. The van der Waals surface area contributed by atoms with E-state index >= 15 is 0 Å². The Morgan fingerprint density at radius 3 is 0.718 bits per heavy atom. The summed E-state index contributed by atoms with van der Waals surface area (Å²) in [5.74, 6) is -0.865. The third kappa shape index (κ3) is 58.4. The molecule has 416 valence electrons. The number of hydrogen-bond donors (Lipinski definition) is 0. The Labute approximate surface area is 442 Å². The van der Waals surface area contributed by atoms with Crippen LogP contribution in [0.25, 0.3) is 0 Å². The molecule has 0 aromatic heterocycles. The molecule has 6 nitrogen and oxygen atoms in total. The summed E-state index contributed by atoms with van der Waals surface area (Å²) in [5, 5.41) is 0. The fourth-order valence-corrected chi connectivity index (χ4v) is 9.31. The smallest absolute Gasteiger partial charge is 0.306 e. The number of esters is 3. The second-order valence-corrected chi connectivity index (χ2v) is 21.3. The number of ether oxygens (including phenoxy) is 3. The topological polar surface area (TPSA) is 78.9 Å². The maximum atomic E-state index is 12.9. The second kappa shape index (κ2) is 60.2. The first-order valence-corrected chi connectivity index (χ1v) is 31.5. The molecule has 71 heavy (non-hydrogen) atoms. The van der Waals surface area contributed by atoms with Gasteiger partial charge in [-0.25, -0.2) is 0 Å². The monoisotopic (exact) mass is 997 g/mol. The zero-order valence-electron chi connectivity index (χ0n) is 47.8. The van der Waals surface area contributed by atoms with Gasteiger partial charge in [0.1, 0.15) is 13.2 Å². The number of rotatable bonds is 58. The summed E-state index contributed by atoms with van der Waals surface area (Å²) in [4.78, 5) is 38.2. The highest BCUT2D eigenvalue weighted by molar-refractivity contribution is 5.71. The van der Waals surface area contributed by atoms with E-state index in [0.29, 0.717) is 19.3 Å². The van der Waals surface area contributed by atoms with Gasteiger partial charge in [-0.3, -0.25) is 14.4 Å². The van der Waals surface area contributed by atoms with E-state index < -0.39 is 6.10 Å². The molecule has 0 saturated heterocycles. The molecule has 0 radical (unpaired) electrons. The van der Waals surface area contributed by atoms with Crippen molar-refractivity contribution in [1.29, 1.82) is 0 Å². The minimum absolute atomic E-state index is 0.0735. The fourth-order valence-electron chi connectivity index (χ4n) is 9.31. The van der Waals surface area contributed by atoms with Crippen LogP contribution in [0.1, 0.15) is 342 Å². The van der Waals surface area contributed by atoms with Gasteiger partial charge in [-0.05, 0) is 96.3 Å². The highest BCUT2D eigenvalue weighted by Gasteiger charge is 2.19. The van der Waals surface area contributed by atoms with Crippen LogP contribution in [-0.2, 0) is 28.6 Å². The lowest BCUT2D eigenvalue weighted by Crippen LogP contribution is -2.30. The summed E-state index contributed by atoms with van der Waals surface area (Å²) in [6.07, 6.45) is 72.9. The van der Waals surface area contributed by atoms with Gasteiger partial charge in [0, 0.05) is 19.3 Å². The first-order chi connectivity index (χ1) is 35.0. The molecule has 0 saturated carbocycles. The molecule has 0 rings (SSSR count). The van der Waals surface area contributed by atoms with Gasteiger partial charge < -0.3 is 14.2 Å². The van der Waals surface area contributed by atoms with Gasteiger partial charge in [0.2, 0.25) is 0 Å². The largest absolute Gasteiger partial charge is 0.462 e. The first kappa shape index (κ1) is 68.6. The third-order valence-electron chi connectivity index (χ3n) is 14.1. The summed E-state index contributed by atoms with van der Waals surface area (Å²) in [6.45, 7) is 6.66. The van der Waals surface area contributed by atoms with E-state index in [0.717, 1.165) is 64.2 Å². The molecule has 0 aliphatic heterocycles. The average molecular weight is 998 g/mol. The number of carbonyl (C=O) groups is 3. The summed E-state index contributed by atoms with van der Waals surface area (Å²) in [6, 6.07) is 0. The van der Waals surface area contributed by atoms with E-state index in [9.17, 15) is 14.4 Å².